The zero-order valence-electron chi connectivity index (χ0n) is 18.4. The molecule has 0 saturated carbocycles. The minimum absolute atomic E-state index is 0.222. The van der Waals surface area contributed by atoms with E-state index in [4.69, 9.17) is 18.8 Å². The molecule has 2 heterocycles. The first-order valence-electron chi connectivity index (χ1n) is 10.3. The highest BCUT2D eigenvalue weighted by Gasteiger charge is 2.52. The Kier molecular flexibility index (Phi) is 9.42. The molecular formula is C18H23NO16S2. The molecule has 2 fully saturated rings. The largest absolute Gasteiger partial charge is 0.479 e. The van der Waals surface area contributed by atoms with Crippen molar-refractivity contribution in [1.29, 1.82) is 0 Å². The van der Waals surface area contributed by atoms with Crippen molar-refractivity contribution in [3.8, 4) is 0 Å². The molecule has 3 rings (SSSR count). The van der Waals surface area contributed by atoms with Crippen LogP contribution in [0.5, 0.6) is 0 Å². The Hall–Kier alpha value is -2.01. The van der Waals surface area contributed by atoms with Gasteiger partial charge in [-0.3, -0.25) is 14.7 Å². The summed E-state index contributed by atoms with van der Waals surface area (Å²) in [6, 6.07) is 4.98. The zero-order chi connectivity index (χ0) is 27.7. The van der Waals surface area contributed by atoms with Crippen molar-refractivity contribution in [3.63, 3.8) is 0 Å². The first-order chi connectivity index (χ1) is 17.2. The van der Waals surface area contributed by atoms with Gasteiger partial charge in [0.1, 0.15) is 48.2 Å². The Bertz CT molecular complexity index is 1070. The molecule has 2 aliphatic heterocycles. The molecule has 7 N–H and O–H groups in total. The van der Waals surface area contributed by atoms with Crippen LogP contribution >= 0.6 is 11.8 Å². The van der Waals surface area contributed by atoms with Crippen LogP contribution in [-0.2, 0) is 33.6 Å². The Labute approximate surface area is 212 Å². The monoisotopic (exact) mass is 573 g/mol. The number of nitrogens with zero attached hydrogens (tertiary/aromatic N) is 1. The molecule has 0 aliphatic carbocycles. The van der Waals surface area contributed by atoms with Crippen LogP contribution in [0.1, 0.15) is 0 Å². The third-order valence-electron chi connectivity index (χ3n) is 5.43. The van der Waals surface area contributed by atoms with Crippen molar-refractivity contribution in [3.05, 3.63) is 34.4 Å². The lowest BCUT2D eigenvalue weighted by Crippen LogP contribution is -2.64. The smallest absolute Gasteiger partial charge is 0.397 e. The quantitative estimate of drug-likeness (QED) is 0.0894. The molecule has 2 aliphatic rings. The van der Waals surface area contributed by atoms with Crippen LogP contribution in [0.15, 0.2) is 29.2 Å². The summed E-state index contributed by atoms with van der Waals surface area (Å²) < 4.78 is 51.4. The topological polar surface area (TPSA) is 273 Å². The molecule has 1 aromatic rings. The number of carboxylic acids is 1. The molecule has 0 unspecified atom stereocenters. The maximum absolute atomic E-state index is 11.3. The number of hydrogen-bond acceptors (Lipinski definition) is 15. The highest BCUT2D eigenvalue weighted by atomic mass is 32.3. The maximum Gasteiger partial charge on any atom is 0.397 e. The van der Waals surface area contributed by atoms with Crippen LogP contribution in [0, 0.1) is 10.1 Å². The predicted octanol–water partition coefficient (Wildman–Crippen LogP) is -2.77. The lowest BCUT2D eigenvalue weighted by molar-refractivity contribution is -0.384. The fourth-order valence-corrected chi connectivity index (χ4v) is 4.92. The summed E-state index contributed by atoms with van der Waals surface area (Å²) in [5.41, 5.74) is -1.57. The molecule has 2 saturated heterocycles. The number of nitro groups is 1. The number of ether oxygens (including phenoxy) is 3. The number of carboxylic acid groups (broad SMARTS) is 1. The van der Waals surface area contributed by atoms with E-state index in [9.17, 15) is 54.0 Å². The molecular weight excluding hydrogens is 550 g/mol. The average Bonchev–Trinajstić information content (AvgIpc) is 2.82. The molecule has 0 bridgehead atoms. The van der Waals surface area contributed by atoms with E-state index in [-0.39, 0.29) is 5.69 Å². The van der Waals surface area contributed by atoms with Gasteiger partial charge in [-0.05, 0) is 12.1 Å². The van der Waals surface area contributed by atoms with Gasteiger partial charge < -0.3 is 44.8 Å². The van der Waals surface area contributed by atoms with E-state index in [1.54, 1.807) is 0 Å². The number of aliphatic carboxylic acids is 1. The summed E-state index contributed by atoms with van der Waals surface area (Å²) in [5.74, 6) is -1.72. The van der Waals surface area contributed by atoms with E-state index >= 15 is 0 Å². The van der Waals surface area contributed by atoms with Gasteiger partial charge in [0.2, 0.25) is 0 Å². The van der Waals surface area contributed by atoms with Gasteiger partial charge in [-0.25, -0.2) is 8.98 Å². The molecule has 0 aromatic heterocycles. The number of thioether (sulfide) groups is 1. The van der Waals surface area contributed by atoms with Crippen LogP contribution in [0.25, 0.3) is 0 Å². The number of carbonyl (C=O) groups is 1. The van der Waals surface area contributed by atoms with E-state index in [1.165, 1.54) is 24.3 Å². The second kappa shape index (κ2) is 11.8. The third-order valence-corrected chi connectivity index (χ3v) is 7.03. The molecule has 0 radical (unpaired) electrons. The van der Waals surface area contributed by atoms with Gasteiger partial charge in [-0.1, -0.05) is 11.8 Å². The molecule has 0 amide bonds. The lowest BCUT2D eigenvalue weighted by atomic mass is 9.97. The summed E-state index contributed by atoms with van der Waals surface area (Å²) >= 11 is 0.778. The second-order valence-electron chi connectivity index (χ2n) is 7.94. The van der Waals surface area contributed by atoms with Crippen molar-refractivity contribution < 1.29 is 71.7 Å². The highest BCUT2D eigenvalue weighted by Crippen LogP contribution is 2.36. The number of rotatable bonds is 9. The number of aliphatic hydroxyl groups excluding tert-OH is 5. The summed E-state index contributed by atoms with van der Waals surface area (Å²) in [4.78, 5) is 21.8. The molecule has 17 nitrogen and oxygen atoms in total. The van der Waals surface area contributed by atoms with Crippen molar-refractivity contribution >= 4 is 33.8 Å². The van der Waals surface area contributed by atoms with Crippen LogP contribution in [-0.4, -0.2) is 122 Å². The Morgan fingerprint density at radius 3 is 2.16 bits per heavy atom. The van der Waals surface area contributed by atoms with Crippen molar-refractivity contribution in [1.82, 2.24) is 0 Å². The van der Waals surface area contributed by atoms with Crippen molar-refractivity contribution in [2.75, 3.05) is 6.61 Å². The number of non-ortho nitro benzene ring substituents is 1. The Morgan fingerprint density at radius 1 is 1.00 bits per heavy atom. The zero-order valence-corrected chi connectivity index (χ0v) is 20.0. The molecule has 10 atom stereocenters. The minimum atomic E-state index is -5.03. The first kappa shape index (κ1) is 29.5. The summed E-state index contributed by atoms with van der Waals surface area (Å²) in [5, 5.41) is 71.3. The van der Waals surface area contributed by atoms with Crippen LogP contribution in [0.4, 0.5) is 5.69 Å². The molecule has 0 spiro atoms. The van der Waals surface area contributed by atoms with Gasteiger partial charge >= 0.3 is 16.4 Å². The van der Waals surface area contributed by atoms with E-state index in [2.05, 4.69) is 4.18 Å². The summed E-state index contributed by atoms with van der Waals surface area (Å²) in [6.07, 6.45) is -17.3. The Balaban J connectivity index is 1.82. The Morgan fingerprint density at radius 2 is 1.62 bits per heavy atom. The lowest BCUT2D eigenvalue weighted by Gasteiger charge is -2.45. The van der Waals surface area contributed by atoms with Gasteiger partial charge in [0, 0.05) is 17.0 Å². The highest BCUT2D eigenvalue weighted by molar-refractivity contribution is 7.99. The van der Waals surface area contributed by atoms with Gasteiger partial charge in [-0.15, -0.1) is 0 Å². The molecule has 208 valence electrons. The first-order valence-corrected chi connectivity index (χ1v) is 12.6. The van der Waals surface area contributed by atoms with E-state index < -0.39 is 88.5 Å². The summed E-state index contributed by atoms with van der Waals surface area (Å²) in [7, 11) is -5.03. The number of aliphatic hydroxyl groups is 5. The number of nitro benzene ring substituents is 1. The minimum Gasteiger partial charge on any atom is -0.479 e. The van der Waals surface area contributed by atoms with E-state index in [0.717, 1.165) is 11.8 Å². The SMILES string of the molecule is O=C(O)[C@H]1O[C@@H](O[C@H]2[C@H](O)[C@@H](O)[C@H](Sc3ccc([N+](=O)[O-])cc3)O[C@@H]2COS(=O)(=O)O)[C@H](O)[C@@H](O)[C@@H]1O. The van der Waals surface area contributed by atoms with E-state index in [0.29, 0.717) is 4.90 Å². The predicted molar refractivity (Wildman–Crippen MR) is 116 cm³/mol. The van der Waals surface area contributed by atoms with Crippen molar-refractivity contribution in [2.24, 2.45) is 0 Å². The van der Waals surface area contributed by atoms with Gasteiger partial charge in [-0.2, -0.15) is 8.42 Å². The molecule has 19 heteroatoms. The van der Waals surface area contributed by atoms with Crippen molar-refractivity contribution in [2.45, 2.75) is 65.5 Å². The fourth-order valence-electron chi connectivity index (χ4n) is 3.56. The van der Waals surface area contributed by atoms with E-state index in [1.807, 2.05) is 0 Å². The number of hydrogen-bond donors (Lipinski definition) is 7. The number of benzene rings is 1. The second-order valence-corrected chi connectivity index (χ2v) is 10.2. The maximum atomic E-state index is 11.3. The summed E-state index contributed by atoms with van der Waals surface area (Å²) in [6.45, 7) is -0.999. The molecule has 37 heavy (non-hydrogen) atoms. The van der Waals surface area contributed by atoms with Gasteiger partial charge in [0.05, 0.1) is 11.5 Å². The van der Waals surface area contributed by atoms with Crippen LogP contribution in [0.3, 0.4) is 0 Å². The normalized spacial score (nSPS) is 36.7. The van der Waals surface area contributed by atoms with Crippen LogP contribution < -0.4 is 0 Å². The van der Waals surface area contributed by atoms with Crippen LogP contribution in [0.2, 0.25) is 0 Å². The average molecular weight is 574 g/mol. The van der Waals surface area contributed by atoms with Gasteiger partial charge in [0.25, 0.3) is 5.69 Å². The fraction of sp³-hybridized carbons (Fsp3) is 0.611. The molecule has 1 aromatic carbocycles. The third kappa shape index (κ3) is 7.10. The van der Waals surface area contributed by atoms with Gasteiger partial charge in [0.15, 0.2) is 12.4 Å². The standard InChI is InChI=1S/C18H23NO16S2/c20-9-10(21)15(16(25)26)35-17(12(9)23)34-14-8(5-32-37(29,30)31)33-18(13(24)11(14)22)36-7-3-1-6(2-4-7)19(27)28/h1-4,8-15,17-18,20-24H,5H2,(H,25,26)(H,29,30,31)/t8-,9+,10+,11-,12-,13-,14-,15+,17-,18+/m1/s1.